The standard InChI is InChI=1S/C23H22N2O4S/c1-2-18-21(16-6-4-3-5-7-16)24-20(29-18)12-13-28-17-10-8-15(9-11-17)14-19-22(26)25-23(27)30-19/h3-11,26H,2,12-14H2,1H3,(H,25,27). The molecule has 0 bridgehead atoms. The van der Waals surface area contributed by atoms with Crippen molar-refractivity contribution in [2.45, 2.75) is 26.2 Å². The van der Waals surface area contributed by atoms with E-state index in [4.69, 9.17) is 9.15 Å². The van der Waals surface area contributed by atoms with Gasteiger partial charge in [0.2, 0.25) is 5.88 Å². The van der Waals surface area contributed by atoms with Crippen LogP contribution in [0.25, 0.3) is 11.3 Å². The van der Waals surface area contributed by atoms with Crippen LogP contribution in [-0.2, 0) is 19.3 Å². The molecular weight excluding hydrogens is 400 g/mol. The molecule has 0 atom stereocenters. The normalized spacial score (nSPS) is 11.0. The molecule has 0 saturated heterocycles. The number of benzene rings is 2. The molecule has 0 aliphatic rings. The molecule has 2 aromatic heterocycles. The number of H-pyrrole nitrogens is 1. The number of aromatic amines is 1. The average molecular weight is 423 g/mol. The highest BCUT2D eigenvalue weighted by Gasteiger charge is 2.13. The number of thiazole rings is 1. The second-order valence-electron chi connectivity index (χ2n) is 6.80. The van der Waals surface area contributed by atoms with Crippen LogP contribution in [0.15, 0.2) is 63.8 Å². The van der Waals surface area contributed by atoms with Crippen molar-refractivity contribution < 1.29 is 14.3 Å². The maximum Gasteiger partial charge on any atom is 0.307 e. The van der Waals surface area contributed by atoms with Gasteiger partial charge in [-0.25, -0.2) is 4.98 Å². The third-order valence-electron chi connectivity index (χ3n) is 4.68. The van der Waals surface area contributed by atoms with E-state index in [1.54, 1.807) is 0 Å². The van der Waals surface area contributed by atoms with Gasteiger partial charge in [0.05, 0.1) is 17.9 Å². The SMILES string of the molecule is CCc1oc(CCOc2ccc(Cc3sc(=O)[nH]c3O)cc2)nc1-c1ccccc1. The Bertz CT molecular complexity index is 1160. The van der Waals surface area contributed by atoms with Crippen LogP contribution in [0.4, 0.5) is 0 Å². The lowest BCUT2D eigenvalue weighted by molar-refractivity contribution is 0.304. The first kappa shape index (κ1) is 20.0. The van der Waals surface area contributed by atoms with Gasteiger partial charge in [-0.1, -0.05) is 60.7 Å². The van der Waals surface area contributed by atoms with E-state index in [1.165, 1.54) is 0 Å². The summed E-state index contributed by atoms with van der Waals surface area (Å²) in [6, 6.07) is 17.6. The summed E-state index contributed by atoms with van der Waals surface area (Å²) in [4.78, 5) is 18.7. The zero-order valence-electron chi connectivity index (χ0n) is 16.6. The van der Waals surface area contributed by atoms with E-state index in [0.29, 0.717) is 30.2 Å². The second kappa shape index (κ2) is 9.00. The fraction of sp³-hybridized carbons (Fsp3) is 0.217. The van der Waals surface area contributed by atoms with Gasteiger partial charge in [0, 0.05) is 18.4 Å². The summed E-state index contributed by atoms with van der Waals surface area (Å²) in [6.07, 6.45) is 1.85. The van der Waals surface area contributed by atoms with Gasteiger partial charge in [-0.05, 0) is 17.7 Å². The number of aromatic nitrogens is 2. The van der Waals surface area contributed by atoms with Crippen molar-refractivity contribution in [1.29, 1.82) is 0 Å². The highest BCUT2D eigenvalue weighted by atomic mass is 32.1. The van der Waals surface area contributed by atoms with Crippen molar-refractivity contribution in [2.24, 2.45) is 0 Å². The number of hydrogen-bond donors (Lipinski definition) is 2. The molecule has 0 fully saturated rings. The third kappa shape index (κ3) is 4.63. The maximum atomic E-state index is 11.3. The number of rotatable bonds is 8. The van der Waals surface area contributed by atoms with Crippen molar-refractivity contribution in [2.75, 3.05) is 6.61 Å². The van der Waals surface area contributed by atoms with Crippen molar-refractivity contribution in [1.82, 2.24) is 9.97 Å². The molecule has 7 heteroatoms. The molecule has 2 N–H and O–H groups in total. The zero-order chi connectivity index (χ0) is 20.9. The first-order chi connectivity index (χ1) is 14.6. The Hall–Kier alpha value is -3.32. The smallest absolute Gasteiger partial charge is 0.307 e. The molecule has 2 heterocycles. The number of nitrogens with one attached hydrogen (secondary N) is 1. The van der Waals surface area contributed by atoms with Crippen LogP contribution in [-0.4, -0.2) is 21.7 Å². The molecule has 0 aliphatic carbocycles. The summed E-state index contributed by atoms with van der Waals surface area (Å²) in [5, 5.41) is 9.70. The fourth-order valence-corrected chi connectivity index (χ4v) is 3.94. The fourth-order valence-electron chi connectivity index (χ4n) is 3.19. The quantitative estimate of drug-likeness (QED) is 0.434. The Morgan fingerprint density at radius 3 is 2.57 bits per heavy atom. The van der Waals surface area contributed by atoms with Crippen LogP contribution in [0.1, 0.15) is 29.0 Å². The largest absolute Gasteiger partial charge is 0.494 e. The summed E-state index contributed by atoms with van der Waals surface area (Å²) >= 11 is 1.02. The minimum atomic E-state index is -0.254. The van der Waals surface area contributed by atoms with E-state index in [2.05, 4.69) is 16.9 Å². The molecular formula is C23H22N2O4S. The van der Waals surface area contributed by atoms with Gasteiger partial charge in [0.15, 0.2) is 5.89 Å². The minimum absolute atomic E-state index is 0.0578. The Kier molecular flexibility index (Phi) is 5.99. The Morgan fingerprint density at radius 2 is 1.90 bits per heavy atom. The van der Waals surface area contributed by atoms with Crippen molar-refractivity contribution in [3.05, 3.63) is 86.4 Å². The van der Waals surface area contributed by atoms with Crippen LogP contribution in [0.3, 0.4) is 0 Å². The van der Waals surface area contributed by atoms with Gasteiger partial charge in [-0.15, -0.1) is 0 Å². The lowest BCUT2D eigenvalue weighted by Crippen LogP contribution is -2.01. The van der Waals surface area contributed by atoms with Crippen LogP contribution in [0.2, 0.25) is 0 Å². The summed E-state index contributed by atoms with van der Waals surface area (Å²) in [5.41, 5.74) is 2.94. The molecule has 0 spiro atoms. The number of aryl methyl sites for hydroxylation is 1. The highest BCUT2D eigenvalue weighted by Crippen LogP contribution is 2.25. The number of ether oxygens (including phenoxy) is 1. The van der Waals surface area contributed by atoms with E-state index in [-0.39, 0.29) is 10.8 Å². The summed E-state index contributed by atoms with van der Waals surface area (Å²) < 4.78 is 11.7. The number of hydrogen-bond acceptors (Lipinski definition) is 6. The molecule has 0 amide bonds. The van der Waals surface area contributed by atoms with Crippen LogP contribution in [0.5, 0.6) is 11.6 Å². The van der Waals surface area contributed by atoms with Crippen LogP contribution in [0, 0.1) is 0 Å². The van der Waals surface area contributed by atoms with Gasteiger partial charge in [0.1, 0.15) is 17.2 Å². The van der Waals surface area contributed by atoms with Gasteiger partial charge < -0.3 is 14.3 Å². The van der Waals surface area contributed by atoms with Gasteiger partial charge in [-0.3, -0.25) is 9.78 Å². The Morgan fingerprint density at radius 1 is 1.13 bits per heavy atom. The third-order valence-corrected chi connectivity index (χ3v) is 5.55. The predicted molar refractivity (Wildman–Crippen MR) is 116 cm³/mol. The average Bonchev–Trinajstić information content (AvgIpc) is 3.32. The maximum absolute atomic E-state index is 11.3. The van der Waals surface area contributed by atoms with E-state index < -0.39 is 0 Å². The Labute approximate surface area is 177 Å². The molecule has 0 radical (unpaired) electrons. The molecule has 4 rings (SSSR count). The topological polar surface area (TPSA) is 88.3 Å². The van der Waals surface area contributed by atoms with E-state index >= 15 is 0 Å². The lowest BCUT2D eigenvalue weighted by atomic mass is 10.1. The summed E-state index contributed by atoms with van der Waals surface area (Å²) in [5.74, 6) is 2.24. The number of oxazole rings is 1. The summed E-state index contributed by atoms with van der Waals surface area (Å²) in [6.45, 7) is 2.51. The van der Waals surface area contributed by atoms with E-state index in [0.717, 1.165) is 46.1 Å². The van der Waals surface area contributed by atoms with Gasteiger partial charge in [-0.2, -0.15) is 0 Å². The van der Waals surface area contributed by atoms with Crippen molar-refractivity contribution >= 4 is 11.3 Å². The lowest BCUT2D eigenvalue weighted by Gasteiger charge is -2.06. The number of nitrogens with zero attached hydrogens (tertiary/aromatic N) is 1. The van der Waals surface area contributed by atoms with Crippen molar-refractivity contribution in [3.8, 4) is 22.9 Å². The molecule has 0 unspecified atom stereocenters. The van der Waals surface area contributed by atoms with Gasteiger partial charge >= 0.3 is 4.87 Å². The molecule has 0 aliphatic heterocycles. The zero-order valence-corrected chi connectivity index (χ0v) is 17.4. The van der Waals surface area contributed by atoms with Gasteiger partial charge in [0.25, 0.3) is 0 Å². The molecule has 0 saturated carbocycles. The van der Waals surface area contributed by atoms with E-state index in [1.807, 2.05) is 54.6 Å². The van der Waals surface area contributed by atoms with Crippen LogP contribution < -0.4 is 9.61 Å². The highest BCUT2D eigenvalue weighted by molar-refractivity contribution is 7.09. The van der Waals surface area contributed by atoms with E-state index in [9.17, 15) is 9.90 Å². The monoisotopic (exact) mass is 422 g/mol. The van der Waals surface area contributed by atoms with Crippen LogP contribution >= 0.6 is 11.3 Å². The first-order valence-electron chi connectivity index (χ1n) is 9.79. The summed E-state index contributed by atoms with van der Waals surface area (Å²) in [7, 11) is 0. The Balaban J connectivity index is 1.35. The first-order valence-corrected chi connectivity index (χ1v) is 10.6. The molecule has 154 valence electrons. The molecule has 2 aromatic carbocycles. The second-order valence-corrected chi connectivity index (χ2v) is 7.87. The molecule has 6 nitrogen and oxygen atoms in total. The predicted octanol–water partition coefficient (Wildman–Crippen LogP) is 4.57. The molecule has 4 aromatic rings. The minimum Gasteiger partial charge on any atom is -0.494 e. The molecule has 30 heavy (non-hydrogen) atoms. The van der Waals surface area contributed by atoms with Crippen molar-refractivity contribution in [3.63, 3.8) is 0 Å². The number of aromatic hydroxyl groups is 1.